The van der Waals surface area contributed by atoms with Gasteiger partial charge < -0.3 is 19.3 Å². The third-order valence-corrected chi connectivity index (χ3v) is 6.11. The largest absolute Gasteiger partial charge is 1.00 e. The quantitative estimate of drug-likeness (QED) is 0.147. The maximum atomic E-state index is 11.5. The summed E-state index contributed by atoms with van der Waals surface area (Å²) in [4.78, 5) is 11.5. The molecular formula is C17H34NNaO6S2. The second-order valence-electron chi connectivity index (χ2n) is 7.12. The summed E-state index contributed by atoms with van der Waals surface area (Å²) in [6.07, 6.45) is 1.92. The third-order valence-electron chi connectivity index (χ3n) is 3.88. The maximum absolute atomic E-state index is 11.5. The number of amides is 1. The Balaban J connectivity index is 0. The number of carbonyl (C=O) groups is 1. The molecule has 0 heterocycles. The van der Waals surface area contributed by atoms with Gasteiger partial charge >= 0.3 is 29.6 Å². The van der Waals surface area contributed by atoms with Gasteiger partial charge in [0.2, 0.25) is 5.91 Å². The monoisotopic (exact) mass is 435 g/mol. The van der Waals surface area contributed by atoms with E-state index in [0.29, 0.717) is 32.6 Å². The first kappa shape index (κ1) is 29.8. The van der Waals surface area contributed by atoms with Gasteiger partial charge in [0, 0.05) is 24.0 Å². The van der Waals surface area contributed by atoms with Gasteiger partial charge in [0.25, 0.3) is 0 Å². The van der Waals surface area contributed by atoms with Crippen LogP contribution in [0, 0.1) is 11.3 Å². The van der Waals surface area contributed by atoms with Crippen LogP contribution in [0.25, 0.3) is 0 Å². The molecule has 0 aliphatic rings. The molecule has 0 aromatic carbocycles. The number of nitrogens with one attached hydrogen (secondary N) is 1. The first-order chi connectivity index (χ1) is 12.1. The molecule has 7 nitrogen and oxygen atoms in total. The van der Waals surface area contributed by atoms with Crippen LogP contribution in [0.5, 0.6) is 0 Å². The van der Waals surface area contributed by atoms with Gasteiger partial charge in [-0.3, -0.25) is 4.79 Å². The summed E-state index contributed by atoms with van der Waals surface area (Å²) >= 11 is 1.73. The minimum Gasteiger partial charge on any atom is -0.748 e. The Morgan fingerprint density at radius 1 is 1.26 bits per heavy atom. The van der Waals surface area contributed by atoms with Crippen LogP contribution in [0.3, 0.4) is 0 Å². The van der Waals surface area contributed by atoms with Crippen LogP contribution in [0.2, 0.25) is 0 Å². The van der Waals surface area contributed by atoms with Crippen LogP contribution in [0.1, 0.15) is 47.0 Å². The van der Waals surface area contributed by atoms with Crippen LogP contribution in [0.15, 0.2) is 0 Å². The zero-order chi connectivity index (χ0) is 20.1. The number of thioether (sulfide) groups is 1. The van der Waals surface area contributed by atoms with E-state index >= 15 is 0 Å². The second kappa shape index (κ2) is 16.4. The predicted molar refractivity (Wildman–Crippen MR) is 104 cm³/mol. The van der Waals surface area contributed by atoms with Gasteiger partial charge in [-0.25, -0.2) is 8.42 Å². The van der Waals surface area contributed by atoms with Crippen molar-refractivity contribution in [3.05, 3.63) is 0 Å². The number of rotatable bonds is 16. The summed E-state index contributed by atoms with van der Waals surface area (Å²) in [5, 5.41) is 2.81. The average Bonchev–Trinajstić information content (AvgIpc) is 2.53. The molecule has 0 spiro atoms. The van der Waals surface area contributed by atoms with Gasteiger partial charge in [-0.05, 0) is 30.4 Å². The van der Waals surface area contributed by atoms with E-state index in [0.717, 1.165) is 17.9 Å². The fraction of sp³-hybridized carbons (Fsp3) is 0.941. The fourth-order valence-electron chi connectivity index (χ4n) is 2.05. The maximum Gasteiger partial charge on any atom is 1.00 e. The zero-order valence-corrected chi connectivity index (χ0v) is 21.0. The smallest absolute Gasteiger partial charge is 0.748 e. The molecular weight excluding hydrogens is 401 g/mol. The Hall–Kier alpha value is 0.650. The van der Waals surface area contributed by atoms with Crippen molar-refractivity contribution < 1.29 is 56.8 Å². The van der Waals surface area contributed by atoms with E-state index in [1.54, 1.807) is 11.8 Å². The normalized spacial score (nSPS) is 13.1. The van der Waals surface area contributed by atoms with Crippen LogP contribution in [-0.2, 0) is 24.4 Å². The molecule has 0 aliphatic heterocycles. The minimum absolute atomic E-state index is 0. The van der Waals surface area contributed by atoms with Crippen LogP contribution >= 0.6 is 11.8 Å². The van der Waals surface area contributed by atoms with Crippen LogP contribution < -0.4 is 34.9 Å². The number of carbonyl (C=O) groups excluding carboxylic acids is 1. The molecule has 1 unspecified atom stereocenters. The Kier molecular flexibility index (Phi) is 18.2. The standard InChI is InChI=1S/C17H35NO6S2.Na/c1-5-15(2)16(19)18-8-9-23-14-24-10-11-25-13-17(3,4)7-6-12-26(20,21)22;/h15H,5-14H2,1-4H3,(H,18,19)(H,20,21,22);/q;+1/p-1. The number of hydrogen-bond donors (Lipinski definition) is 1. The van der Waals surface area contributed by atoms with E-state index < -0.39 is 10.1 Å². The van der Waals surface area contributed by atoms with Crippen molar-refractivity contribution in [3.8, 4) is 0 Å². The molecule has 10 heteroatoms. The van der Waals surface area contributed by atoms with E-state index in [9.17, 15) is 17.8 Å². The summed E-state index contributed by atoms with van der Waals surface area (Å²) in [7, 11) is -4.11. The fourth-order valence-corrected chi connectivity index (χ4v) is 3.62. The van der Waals surface area contributed by atoms with Gasteiger partial charge in [0.05, 0.1) is 23.3 Å². The summed E-state index contributed by atoms with van der Waals surface area (Å²) in [6.45, 7) is 9.66. The molecule has 0 aromatic rings. The van der Waals surface area contributed by atoms with Gasteiger partial charge in [-0.2, -0.15) is 11.8 Å². The molecule has 27 heavy (non-hydrogen) atoms. The van der Waals surface area contributed by atoms with Crippen molar-refractivity contribution >= 4 is 27.8 Å². The van der Waals surface area contributed by atoms with E-state index in [2.05, 4.69) is 19.2 Å². The van der Waals surface area contributed by atoms with Crippen molar-refractivity contribution in [1.82, 2.24) is 5.32 Å². The summed E-state index contributed by atoms with van der Waals surface area (Å²) in [5.41, 5.74) is -0.0142. The van der Waals surface area contributed by atoms with Crippen molar-refractivity contribution in [2.45, 2.75) is 47.0 Å². The van der Waals surface area contributed by atoms with Crippen LogP contribution in [-0.4, -0.2) is 62.7 Å². The summed E-state index contributed by atoms with van der Waals surface area (Å²) < 4.78 is 42.5. The molecule has 0 aliphatic carbocycles. The molecule has 1 N–H and O–H groups in total. The van der Waals surface area contributed by atoms with Gasteiger partial charge in [-0.1, -0.05) is 27.7 Å². The van der Waals surface area contributed by atoms with Gasteiger partial charge in [0.15, 0.2) is 0 Å². The van der Waals surface area contributed by atoms with E-state index in [-0.39, 0.29) is 59.3 Å². The second-order valence-corrected chi connectivity index (χ2v) is 9.75. The predicted octanol–water partition coefficient (Wildman–Crippen LogP) is -0.772. The molecule has 0 rings (SSSR count). The SMILES string of the molecule is CCC(C)C(=O)NCCOCOCCSCC(C)(C)CCCS(=O)(=O)[O-].[Na+]. The average molecular weight is 436 g/mol. The van der Waals surface area contributed by atoms with Crippen molar-refractivity contribution in [2.75, 3.05) is 43.8 Å². The third kappa shape index (κ3) is 19.7. The Labute approximate surface area is 191 Å². The number of ether oxygens (including phenoxy) is 2. The Bertz CT molecular complexity index is 488. The number of hydrogen-bond acceptors (Lipinski definition) is 7. The molecule has 0 fully saturated rings. The Morgan fingerprint density at radius 3 is 2.48 bits per heavy atom. The first-order valence-corrected chi connectivity index (χ1v) is 11.7. The molecule has 156 valence electrons. The van der Waals surface area contributed by atoms with Gasteiger partial charge in [0.1, 0.15) is 6.79 Å². The summed E-state index contributed by atoms with van der Waals surface area (Å²) in [5.74, 6) is 1.47. The first-order valence-electron chi connectivity index (χ1n) is 9.02. The molecule has 0 bridgehead atoms. The van der Waals surface area contributed by atoms with Crippen molar-refractivity contribution in [1.29, 1.82) is 0 Å². The molecule has 0 aromatic heterocycles. The molecule has 1 atom stereocenters. The van der Waals surface area contributed by atoms with E-state index in [4.69, 9.17) is 9.47 Å². The van der Waals surface area contributed by atoms with Crippen LogP contribution in [0.4, 0.5) is 0 Å². The molecule has 0 saturated heterocycles. The minimum atomic E-state index is -4.11. The van der Waals surface area contributed by atoms with Crippen molar-refractivity contribution in [2.24, 2.45) is 11.3 Å². The summed E-state index contributed by atoms with van der Waals surface area (Å²) in [6, 6.07) is 0. The van der Waals surface area contributed by atoms with E-state index in [1.807, 2.05) is 13.8 Å². The molecule has 0 radical (unpaired) electrons. The van der Waals surface area contributed by atoms with E-state index in [1.165, 1.54) is 0 Å². The van der Waals surface area contributed by atoms with Crippen molar-refractivity contribution in [3.63, 3.8) is 0 Å². The van der Waals surface area contributed by atoms with Gasteiger partial charge in [-0.15, -0.1) is 0 Å². The molecule has 1 amide bonds. The molecule has 0 saturated carbocycles. The zero-order valence-electron chi connectivity index (χ0n) is 17.4. The Morgan fingerprint density at radius 2 is 1.89 bits per heavy atom. The topological polar surface area (TPSA) is 105 Å².